The van der Waals surface area contributed by atoms with E-state index in [1.165, 1.54) is 16.0 Å². The van der Waals surface area contributed by atoms with Gasteiger partial charge in [-0.2, -0.15) is 0 Å². The van der Waals surface area contributed by atoms with Gasteiger partial charge in [0, 0.05) is 47.7 Å². The number of hydrogen-bond acceptors (Lipinski definition) is 4. The van der Waals surface area contributed by atoms with Gasteiger partial charge in [0.1, 0.15) is 6.54 Å². The number of hydrogen-bond donors (Lipinski definition) is 0. The summed E-state index contributed by atoms with van der Waals surface area (Å²) in [4.78, 5) is 31.8. The molecule has 0 radical (unpaired) electrons. The number of halogens is 4. The predicted molar refractivity (Wildman–Crippen MR) is 108 cm³/mol. The second-order valence-electron chi connectivity index (χ2n) is 7.21. The van der Waals surface area contributed by atoms with Gasteiger partial charge in [0.25, 0.3) is 11.8 Å². The van der Waals surface area contributed by atoms with E-state index in [9.17, 15) is 18.4 Å². The van der Waals surface area contributed by atoms with Gasteiger partial charge in [-0.3, -0.25) is 14.5 Å². The lowest BCUT2D eigenvalue weighted by Crippen LogP contribution is -2.50. The van der Waals surface area contributed by atoms with Crippen LogP contribution in [0.2, 0.25) is 10.0 Å². The lowest BCUT2D eigenvalue weighted by molar-refractivity contribution is -0.137. The van der Waals surface area contributed by atoms with Gasteiger partial charge in [0.05, 0.1) is 0 Å². The van der Waals surface area contributed by atoms with Gasteiger partial charge in [0.2, 0.25) is 5.91 Å². The fraction of sp³-hybridized carbons (Fsp3) is 0.350. The van der Waals surface area contributed by atoms with E-state index in [-0.39, 0.29) is 44.9 Å². The number of fused-ring (bicyclic) bond motifs is 1. The van der Waals surface area contributed by atoms with E-state index in [1.54, 1.807) is 24.3 Å². The summed E-state index contributed by atoms with van der Waals surface area (Å²) in [6.45, 7) is -0.617. The number of carbonyl (C=O) groups excluding carboxylic acids is 2. The van der Waals surface area contributed by atoms with Crippen molar-refractivity contribution in [2.24, 2.45) is 0 Å². The second kappa shape index (κ2) is 8.00. The van der Waals surface area contributed by atoms with Crippen molar-refractivity contribution < 1.29 is 23.1 Å². The zero-order valence-corrected chi connectivity index (χ0v) is 17.2. The van der Waals surface area contributed by atoms with Crippen molar-refractivity contribution in [3.05, 3.63) is 40.5 Å². The average Bonchev–Trinajstić information content (AvgIpc) is 2.69. The Labute approximate surface area is 181 Å². The summed E-state index contributed by atoms with van der Waals surface area (Å²) < 4.78 is 32.2. The maximum absolute atomic E-state index is 13.3. The summed E-state index contributed by atoms with van der Waals surface area (Å²) in [6.07, 6.45) is 0.772. The molecule has 0 saturated carbocycles. The molecule has 2 amide bonds. The molecule has 1 aromatic heterocycles. The number of alkyl halides is 2. The highest BCUT2D eigenvalue weighted by molar-refractivity contribution is 6.35. The molecule has 2 aromatic rings. The number of likely N-dealkylation sites (tertiary alicyclic amines) is 1. The van der Waals surface area contributed by atoms with Gasteiger partial charge in [-0.25, -0.2) is 13.8 Å². The Morgan fingerprint density at radius 2 is 1.77 bits per heavy atom. The number of benzene rings is 1. The predicted octanol–water partition coefficient (Wildman–Crippen LogP) is 4.04. The van der Waals surface area contributed by atoms with E-state index < -0.39 is 17.7 Å². The van der Waals surface area contributed by atoms with E-state index in [1.807, 2.05) is 0 Å². The van der Waals surface area contributed by atoms with E-state index >= 15 is 0 Å². The first-order valence-corrected chi connectivity index (χ1v) is 10.0. The van der Waals surface area contributed by atoms with Crippen LogP contribution in [0.5, 0.6) is 5.75 Å². The highest BCUT2D eigenvalue weighted by Gasteiger charge is 2.37. The van der Waals surface area contributed by atoms with Crippen molar-refractivity contribution in [2.45, 2.75) is 18.8 Å². The number of aromatic nitrogens is 1. The van der Waals surface area contributed by atoms with Gasteiger partial charge < -0.3 is 9.64 Å². The van der Waals surface area contributed by atoms with Gasteiger partial charge in [0.15, 0.2) is 18.2 Å². The highest BCUT2D eigenvalue weighted by atomic mass is 35.5. The Kier molecular flexibility index (Phi) is 5.55. The molecule has 2 aliphatic heterocycles. The maximum atomic E-state index is 13.3. The van der Waals surface area contributed by atoms with Crippen LogP contribution in [0.1, 0.15) is 12.8 Å². The first kappa shape index (κ1) is 20.8. The SMILES string of the molecule is O=C(CN1C(=O)COc2cc(-c3cc(Cl)cc(Cl)c3)cnc21)N1CCC(F)(F)CC1. The number of piperidine rings is 1. The quantitative estimate of drug-likeness (QED) is 0.700. The molecule has 0 spiro atoms. The Balaban J connectivity index is 1.55. The molecule has 1 fully saturated rings. The van der Waals surface area contributed by atoms with E-state index in [4.69, 9.17) is 27.9 Å². The molecule has 4 rings (SSSR count). The Hall–Kier alpha value is -2.45. The number of carbonyl (C=O) groups is 2. The van der Waals surface area contributed by atoms with Crippen LogP contribution in [0.15, 0.2) is 30.5 Å². The topological polar surface area (TPSA) is 62.7 Å². The van der Waals surface area contributed by atoms with Crippen LogP contribution >= 0.6 is 23.2 Å². The lowest BCUT2D eigenvalue weighted by atomic mass is 10.1. The average molecular weight is 456 g/mol. The molecule has 2 aliphatic rings. The zero-order chi connectivity index (χ0) is 21.5. The fourth-order valence-electron chi connectivity index (χ4n) is 3.44. The minimum Gasteiger partial charge on any atom is -0.480 e. The molecule has 30 heavy (non-hydrogen) atoms. The number of pyridine rings is 1. The van der Waals surface area contributed by atoms with Gasteiger partial charge in [-0.05, 0) is 29.8 Å². The third-order valence-corrected chi connectivity index (χ3v) is 5.51. The van der Waals surface area contributed by atoms with Crippen LogP contribution in [0.25, 0.3) is 11.1 Å². The van der Waals surface area contributed by atoms with Crippen LogP contribution in [-0.2, 0) is 9.59 Å². The maximum Gasteiger partial charge on any atom is 0.266 e. The molecule has 0 unspecified atom stereocenters. The largest absolute Gasteiger partial charge is 0.480 e. The van der Waals surface area contributed by atoms with Crippen molar-refractivity contribution in [3.63, 3.8) is 0 Å². The molecule has 6 nitrogen and oxygen atoms in total. The molecule has 1 aromatic carbocycles. The van der Waals surface area contributed by atoms with Gasteiger partial charge in [-0.1, -0.05) is 23.2 Å². The van der Waals surface area contributed by atoms with Gasteiger partial charge in [-0.15, -0.1) is 0 Å². The van der Waals surface area contributed by atoms with Crippen molar-refractivity contribution in [3.8, 4) is 16.9 Å². The lowest BCUT2D eigenvalue weighted by Gasteiger charge is -2.34. The smallest absolute Gasteiger partial charge is 0.266 e. The van der Waals surface area contributed by atoms with E-state index in [2.05, 4.69) is 4.98 Å². The molecule has 0 aliphatic carbocycles. The number of amides is 2. The summed E-state index contributed by atoms with van der Waals surface area (Å²) in [5.41, 5.74) is 1.40. The van der Waals surface area contributed by atoms with Crippen molar-refractivity contribution in [1.82, 2.24) is 9.88 Å². The third-order valence-electron chi connectivity index (χ3n) is 5.08. The first-order chi connectivity index (χ1) is 14.2. The minimum absolute atomic E-state index is 0.0425. The second-order valence-corrected chi connectivity index (χ2v) is 8.08. The molecule has 3 heterocycles. The van der Waals surface area contributed by atoms with Crippen molar-refractivity contribution >= 4 is 40.8 Å². The zero-order valence-electron chi connectivity index (χ0n) is 15.7. The normalized spacial score (nSPS) is 18.1. The van der Waals surface area contributed by atoms with E-state index in [0.29, 0.717) is 21.4 Å². The summed E-state index contributed by atoms with van der Waals surface area (Å²) >= 11 is 12.1. The molecule has 158 valence electrons. The standard InChI is InChI=1S/C20H17Cl2F2N3O3/c21-14-5-12(6-15(22)8-14)13-7-16-19(25-9-13)27(18(29)11-30-16)10-17(28)26-3-1-20(23,24)2-4-26/h5-9H,1-4,10-11H2. The highest BCUT2D eigenvalue weighted by Crippen LogP contribution is 2.35. The molecule has 1 saturated heterocycles. The first-order valence-electron chi connectivity index (χ1n) is 9.27. The third kappa shape index (κ3) is 4.34. The fourth-order valence-corrected chi connectivity index (χ4v) is 3.97. The Morgan fingerprint density at radius 1 is 1.10 bits per heavy atom. The van der Waals surface area contributed by atoms with Crippen molar-refractivity contribution in [1.29, 1.82) is 0 Å². The molecule has 0 bridgehead atoms. The number of ether oxygens (including phenoxy) is 1. The monoisotopic (exact) mass is 455 g/mol. The van der Waals surface area contributed by atoms with E-state index in [0.717, 1.165) is 5.56 Å². The van der Waals surface area contributed by atoms with Crippen molar-refractivity contribution in [2.75, 3.05) is 31.1 Å². The van der Waals surface area contributed by atoms with Crippen LogP contribution in [0.3, 0.4) is 0 Å². The molecule has 10 heteroatoms. The van der Waals surface area contributed by atoms with Crippen LogP contribution in [-0.4, -0.2) is 53.9 Å². The number of nitrogens with zero attached hydrogens (tertiary/aromatic N) is 3. The number of anilines is 1. The Morgan fingerprint density at radius 3 is 2.43 bits per heavy atom. The van der Waals surface area contributed by atoms with Crippen LogP contribution < -0.4 is 9.64 Å². The molecule has 0 atom stereocenters. The van der Waals surface area contributed by atoms with Gasteiger partial charge >= 0.3 is 0 Å². The Bertz CT molecular complexity index is 989. The molecular formula is C20H17Cl2F2N3O3. The summed E-state index contributed by atoms with van der Waals surface area (Å²) in [7, 11) is 0. The summed E-state index contributed by atoms with van der Waals surface area (Å²) in [5, 5.41) is 0.927. The summed E-state index contributed by atoms with van der Waals surface area (Å²) in [6, 6.07) is 6.74. The summed E-state index contributed by atoms with van der Waals surface area (Å²) in [5.74, 6) is -3.04. The molecule has 0 N–H and O–H groups in total. The number of rotatable bonds is 3. The molecular weight excluding hydrogens is 439 g/mol. The van der Waals surface area contributed by atoms with Crippen LogP contribution in [0, 0.1) is 0 Å². The minimum atomic E-state index is -2.75. The van der Waals surface area contributed by atoms with Crippen LogP contribution in [0.4, 0.5) is 14.6 Å².